The normalized spacial score (nSPS) is 10.2. The van der Waals surface area contributed by atoms with Gasteiger partial charge >= 0.3 is 0 Å². The van der Waals surface area contributed by atoms with Gasteiger partial charge in [0.15, 0.2) is 0 Å². The number of anilines is 2. The van der Waals surface area contributed by atoms with Crippen molar-refractivity contribution >= 4 is 70.2 Å². The second-order valence-corrected chi connectivity index (χ2v) is 6.38. The predicted octanol–water partition coefficient (Wildman–Crippen LogP) is 5.84. The van der Waals surface area contributed by atoms with E-state index >= 15 is 0 Å². The second kappa shape index (κ2) is 11.1. The van der Waals surface area contributed by atoms with Crippen molar-refractivity contribution in [3.8, 4) is 0 Å². The summed E-state index contributed by atoms with van der Waals surface area (Å²) in [4.78, 5) is 0. The Morgan fingerprint density at radius 2 is 1.04 bits per heavy atom. The van der Waals surface area contributed by atoms with Gasteiger partial charge in [0.1, 0.15) is 0 Å². The fourth-order valence-corrected chi connectivity index (χ4v) is 2.71. The summed E-state index contributed by atoms with van der Waals surface area (Å²) in [5, 5.41) is 12.0. The minimum Gasteiger partial charge on any atom is -0.383 e. The molecule has 3 nitrogen and oxygen atoms in total. The van der Waals surface area contributed by atoms with Gasteiger partial charge in [0.05, 0.1) is 31.5 Å². The number of hydrogen-bond acceptors (Lipinski definition) is 3. The number of rotatable bonds is 8. The van der Waals surface area contributed by atoms with Gasteiger partial charge in [-0.15, -0.1) is 12.4 Å². The third-order valence-electron chi connectivity index (χ3n) is 3.14. The number of hydrogen-bond donors (Lipinski definition) is 3. The van der Waals surface area contributed by atoms with Crippen LogP contribution < -0.4 is 16.0 Å². The van der Waals surface area contributed by atoms with Crippen LogP contribution in [-0.4, -0.2) is 26.2 Å². The predicted molar refractivity (Wildman–Crippen MR) is 110 cm³/mol. The molecule has 0 aliphatic heterocycles. The zero-order chi connectivity index (χ0) is 16.7. The van der Waals surface area contributed by atoms with E-state index in [2.05, 4.69) is 16.0 Å². The smallest absolute Gasteiger partial charge is 0.0823 e. The standard InChI is InChI=1S/C16H17Cl4N3.ClH/c17-11-3-1-5-13(15(11)19)22-9-7-21-8-10-23-14-6-2-4-12(18)16(14)20;/h1-6,21-23H,7-10H2;1H. The van der Waals surface area contributed by atoms with Gasteiger partial charge in [-0.25, -0.2) is 0 Å². The zero-order valence-electron chi connectivity index (χ0n) is 12.7. The summed E-state index contributed by atoms with van der Waals surface area (Å²) >= 11 is 24.1. The highest BCUT2D eigenvalue weighted by atomic mass is 35.5. The molecule has 2 aromatic carbocycles. The average molecular weight is 430 g/mol. The SMILES string of the molecule is Cl.Clc1cccc(NCCNCCNc2cccc(Cl)c2Cl)c1Cl. The lowest BCUT2D eigenvalue weighted by molar-refractivity contribution is 0.719. The van der Waals surface area contributed by atoms with Crippen LogP contribution in [0.5, 0.6) is 0 Å². The lowest BCUT2D eigenvalue weighted by Gasteiger charge is -2.11. The van der Waals surface area contributed by atoms with Gasteiger partial charge in [-0.1, -0.05) is 58.5 Å². The summed E-state index contributed by atoms with van der Waals surface area (Å²) in [5.41, 5.74) is 1.68. The molecule has 2 aromatic rings. The van der Waals surface area contributed by atoms with E-state index in [9.17, 15) is 0 Å². The molecule has 0 radical (unpaired) electrons. The summed E-state index contributed by atoms with van der Waals surface area (Å²) in [6.45, 7) is 3.09. The Kier molecular flexibility index (Phi) is 9.98. The Hall–Kier alpha value is -0.550. The summed E-state index contributed by atoms with van der Waals surface area (Å²) < 4.78 is 0. The largest absolute Gasteiger partial charge is 0.383 e. The summed E-state index contributed by atoms with van der Waals surface area (Å²) in [6, 6.07) is 11.1. The summed E-state index contributed by atoms with van der Waals surface area (Å²) in [6.07, 6.45) is 0. The van der Waals surface area contributed by atoms with Gasteiger partial charge < -0.3 is 16.0 Å². The Balaban J connectivity index is 0.00000288. The summed E-state index contributed by atoms with van der Waals surface area (Å²) in [7, 11) is 0. The van der Waals surface area contributed by atoms with E-state index in [0.717, 1.165) is 37.6 Å². The molecule has 0 aliphatic carbocycles. The van der Waals surface area contributed by atoms with Crippen LogP contribution in [0, 0.1) is 0 Å². The maximum absolute atomic E-state index is 6.10. The molecule has 0 spiro atoms. The molecule has 0 saturated heterocycles. The van der Waals surface area contributed by atoms with Crippen LogP contribution in [0.3, 0.4) is 0 Å². The maximum atomic E-state index is 6.10. The molecule has 0 bridgehead atoms. The first-order chi connectivity index (χ1) is 11.1. The minimum absolute atomic E-state index is 0. The quantitative estimate of drug-likeness (QED) is 0.462. The first-order valence-corrected chi connectivity index (χ1v) is 8.67. The van der Waals surface area contributed by atoms with Crippen molar-refractivity contribution in [2.45, 2.75) is 0 Å². The molecule has 0 aliphatic rings. The molecule has 132 valence electrons. The number of halogens is 5. The third kappa shape index (κ3) is 6.40. The first-order valence-electron chi connectivity index (χ1n) is 7.16. The van der Waals surface area contributed by atoms with Crippen LogP contribution in [0.25, 0.3) is 0 Å². The molecule has 3 N–H and O–H groups in total. The minimum atomic E-state index is 0. The van der Waals surface area contributed by atoms with Crippen molar-refractivity contribution < 1.29 is 0 Å². The van der Waals surface area contributed by atoms with Crippen molar-refractivity contribution in [3.05, 3.63) is 56.5 Å². The van der Waals surface area contributed by atoms with E-state index in [1.165, 1.54) is 0 Å². The zero-order valence-corrected chi connectivity index (χ0v) is 16.6. The number of nitrogens with one attached hydrogen (secondary N) is 3. The molecule has 24 heavy (non-hydrogen) atoms. The van der Waals surface area contributed by atoms with Crippen molar-refractivity contribution in [2.24, 2.45) is 0 Å². The van der Waals surface area contributed by atoms with Crippen LogP contribution in [0.4, 0.5) is 11.4 Å². The molecule has 8 heteroatoms. The monoisotopic (exact) mass is 427 g/mol. The molecule has 2 rings (SSSR count). The molecule has 0 saturated carbocycles. The molecule has 0 amide bonds. The molecule has 0 heterocycles. The summed E-state index contributed by atoms with van der Waals surface area (Å²) in [5.74, 6) is 0. The van der Waals surface area contributed by atoms with E-state index in [0.29, 0.717) is 20.1 Å². The first kappa shape index (κ1) is 21.5. The van der Waals surface area contributed by atoms with Crippen LogP contribution >= 0.6 is 58.8 Å². The Morgan fingerprint density at radius 1 is 0.625 bits per heavy atom. The number of benzene rings is 2. The molecule has 0 fully saturated rings. The van der Waals surface area contributed by atoms with E-state index in [1.54, 1.807) is 12.1 Å². The van der Waals surface area contributed by atoms with E-state index < -0.39 is 0 Å². The van der Waals surface area contributed by atoms with Crippen molar-refractivity contribution in [1.82, 2.24) is 5.32 Å². The lowest BCUT2D eigenvalue weighted by Crippen LogP contribution is -2.27. The Labute approximate surface area is 168 Å². The van der Waals surface area contributed by atoms with E-state index in [4.69, 9.17) is 46.4 Å². The Morgan fingerprint density at radius 3 is 1.46 bits per heavy atom. The van der Waals surface area contributed by atoms with Gasteiger partial charge in [-0.2, -0.15) is 0 Å². The van der Waals surface area contributed by atoms with Crippen LogP contribution in [-0.2, 0) is 0 Å². The Bertz CT molecular complexity index is 596. The fourth-order valence-electron chi connectivity index (χ4n) is 1.98. The molecule has 0 aromatic heterocycles. The van der Waals surface area contributed by atoms with Crippen LogP contribution in [0.1, 0.15) is 0 Å². The van der Waals surface area contributed by atoms with E-state index in [-0.39, 0.29) is 12.4 Å². The topological polar surface area (TPSA) is 36.1 Å². The molecular formula is C16H18Cl5N3. The van der Waals surface area contributed by atoms with Crippen molar-refractivity contribution in [3.63, 3.8) is 0 Å². The highest BCUT2D eigenvalue weighted by molar-refractivity contribution is 6.44. The second-order valence-electron chi connectivity index (χ2n) is 4.81. The highest BCUT2D eigenvalue weighted by Crippen LogP contribution is 2.30. The maximum Gasteiger partial charge on any atom is 0.0823 e. The molecular weight excluding hydrogens is 411 g/mol. The van der Waals surface area contributed by atoms with E-state index in [1.807, 2.05) is 24.3 Å². The average Bonchev–Trinajstić information content (AvgIpc) is 2.54. The van der Waals surface area contributed by atoms with Gasteiger partial charge in [0, 0.05) is 26.2 Å². The van der Waals surface area contributed by atoms with Gasteiger partial charge in [0.2, 0.25) is 0 Å². The van der Waals surface area contributed by atoms with Crippen LogP contribution in [0.2, 0.25) is 20.1 Å². The van der Waals surface area contributed by atoms with Gasteiger partial charge in [-0.3, -0.25) is 0 Å². The van der Waals surface area contributed by atoms with Crippen molar-refractivity contribution in [1.29, 1.82) is 0 Å². The van der Waals surface area contributed by atoms with Crippen molar-refractivity contribution in [2.75, 3.05) is 36.8 Å². The van der Waals surface area contributed by atoms with Gasteiger partial charge in [0.25, 0.3) is 0 Å². The van der Waals surface area contributed by atoms with Gasteiger partial charge in [-0.05, 0) is 24.3 Å². The lowest BCUT2D eigenvalue weighted by atomic mass is 10.3. The van der Waals surface area contributed by atoms with Crippen LogP contribution in [0.15, 0.2) is 36.4 Å². The highest BCUT2D eigenvalue weighted by Gasteiger charge is 2.04. The molecule has 0 unspecified atom stereocenters. The fraction of sp³-hybridized carbons (Fsp3) is 0.250. The third-order valence-corrected chi connectivity index (χ3v) is 4.78. The molecule has 0 atom stereocenters.